The zero-order valence-electron chi connectivity index (χ0n) is 12.9. The van der Waals surface area contributed by atoms with E-state index < -0.39 is 0 Å². The molecule has 3 N–H and O–H groups in total. The molecule has 2 aromatic rings. The van der Waals surface area contributed by atoms with Crippen LogP contribution in [0.1, 0.15) is 20.3 Å². The van der Waals surface area contributed by atoms with Crippen LogP contribution in [0.2, 0.25) is 0 Å². The summed E-state index contributed by atoms with van der Waals surface area (Å²) < 4.78 is 0. The summed E-state index contributed by atoms with van der Waals surface area (Å²) in [5, 5.41) is 0. The molecule has 0 unspecified atom stereocenters. The largest absolute Gasteiger partial charge is 0.359 e. The normalized spacial score (nSPS) is 10.7. The number of benzene rings is 1. The van der Waals surface area contributed by atoms with E-state index in [2.05, 4.69) is 34.1 Å². The highest BCUT2D eigenvalue weighted by molar-refractivity contribution is 5.61. The van der Waals surface area contributed by atoms with Gasteiger partial charge >= 0.3 is 0 Å². The van der Waals surface area contributed by atoms with Crippen LogP contribution in [0.25, 0.3) is 11.4 Å². The lowest BCUT2D eigenvalue weighted by Gasteiger charge is -2.20. The summed E-state index contributed by atoms with van der Waals surface area (Å²) in [5.74, 6) is 8.36. The molecule has 21 heavy (non-hydrogen) atoms. The van der Waals surface area contributed by atoms with Gasteiger partial charge in [-0.25, -0.2) is 15.8 Å². The molecule has 0 bridgehead atoms. The van der Waals surface area contributed by atoms with Gasteiger partial charge in [-0.05, 0) is 12.3 Å². The molecule has 5 nitrogen and oxygen atoms in total. The number of hydrogen-bond acceptors (Lipinski definition) is 5. The quantitative estimate of drug-likeness (QED) is 0.631. The van der Waals surface area contributed by atoms with Crippen LogP contribution in [-0.2, 0) is 0 Å². The summed E-state index contributed by atoms with van der Waals surface area (Å²) in [4.78, 5) is 11.2. The van der Waals surface area contributed by atoms with E-state index in [1.54, 1.807) is 0 Å². The van der Waals surface area contributed by atoms with Crippen molar-refractivity contribution in [2.75, 3.05) is 23.9 Å². The highest BCUT2D eigenvalue weighted by Gasteiger charge is 2.10. The SMILES string of the molecule is CC(C)CCN(C)c1cc(NN)nc(-c2ccccc2)n1. The highest BCUT2D eigenvalue weighted by atomic mass is 15.3. The third kappa shape index (κ3) is 4.16. The van der Waals surface area contributed by atoms with E-state index in [-0.39, 0.29) is 0 Å². The van der Waals surface area contributed by atoms with E-state index in [0.717, 1.165) is 24.3 Å². The lowest BCUT2D eigenvalue weighted by molar-refractivity contribution is 0.583. The first-order valence-corrected chi connectivity index (χ1v) is 7.22. The van der Waals surface area contributed by atoms with Gasteiger partial charge in [0.25, 0.3) is 0 Å². The van der Waals surface area contributed by atoms with Gasteiger partial charge in [-0.2, -0.15) is 0 Å². The van der Waals surface area contributed by atoms with Crippen LogP contribution in [-0.4, -0.2) is 23.6 Å². The molecule has 0 aliphatic heterocycles. The molecule has 0 spiro atoms. The minimum atomic E-state index is 0.621. The Bertz CT molecular complexity index is 568. The summed E-state index contributed by atoms with van der Waals surface area (Å²) >= 11 is 0. The van der Waals surface area contributed by atoms with Gasteiger partial charge in [0.05, 0.1) is 0 Å². The molecule has 0 atom stereocenters. The minimum absolute atomic E-state index is 0.621. The van der Waals surface area contributed by atoms with Gasteiger partial charge in [-0.3, -0.25) is 0 Å². The molecule has 5 heteroatoms. The number of nitrogens with zero attached hydrogens (tertiary/aromatic N) is 3. The molecule has 1 heterocycles. The third-order valence-electron chi connectivity index (χ3n) is 3.33. The Hall–Kier alpha value is -2.14. The summed E-state index contributed by atoms with van der Waals surface area (Å²) in [6, 6.07) is 11.8. The zero-order valence-corrected chi connectivity index (χ0v) is 12.9. The molecule has 0 saturated heterocycles. The van der Waals surface area contributed by atoms with Crippen molar-refractivity contribution in [2.45, 2.75) is 20.3 Å². The number of nitrogen functional groups attached to an aromatic ring is 1. The average Bonchev–Trinajstić information content (AvgIpc) is 2.52. The number of anilines is 2. The smallest absolute Gasteiger partial charge is 0.163 e. The first kappa shape index (κ1) is 15.3. The first-order chi connectivity index (χ1) is 10.1. The van der Waals surface area contributed by atoms with Crippen molar-refractivity contribution in [3.8, 4) is 11.4 Å². The van der Waals surface area contributed by atoms with Gasteiger partial charge in [0.15, 0.2) is 5.82 Å². The van der Waals surface area contributed by atoms with E-state index in [4.69, 9.17) is 5.84 Å². The monoisotopic (exact) mass is 285 g/mol. The van der Waals surface area contributed by atoms with Gasteiger partial charge in [0.2, 0.25) is 0 Å². The van der Waals surface area contributed by atoms with E-state index in [1.807, 2.05) is 43.4 Å². The Morgan fingerprint density at radius 2 is 1.90 bits per heavy atom. The fraction of sp³-hybridized carbons (Fsp3) is 0.375. The molecule has 1 aromatic carbocycles. The molecule has 0 fully saturated rings. The van der Waals surface area contributed by atoms with Gasteiger partial charge in [-0.15, -0.1) is 0 Å². The number of rotatable bonds is 6. The zero-order chi connectivity index (χ0) is 15.2. The molecule has 0 saturated carbocycles. The van der Waals surface area contributed by atoms with Gasteiger partial charge in [0, 0.05) is 25.2 Å². The molecule has 0 aliphatic carbocycles. The Kier molecular flexibility index (Phi) is 5.11. The number of hydrogen-bond donors (Lipinski definition) is 2. The first-order valence-electron chi connectivity index (χ1n) is 7.22. The van der Waals surface area contributed by atoms with E-state index in [9.17, 15) is 0 Å². The predicted molar refractivity (Wildman–Crippen MR) is 88.0 cm³/mol. The Morgan fingerprint density at radius 1 is 1.19 bits per heavy atom. The van der Waals surface area contributed by atoms with E-state index in [1.165, 1.54) is 0 Å². The molecule has 1 aromatic heterocycles. The molecular weight excluding hydrogens is 262 g/mol. The fourth-order valence-corrected chi connectivity index (χ4v) is 1.99. The van der Waals surface area contributed by atoms with Crippen LogP contribution in [0.5, 0.6) is 0 Å². The van der Waals surface area contributed by atoms with Crippen molar-refractivity contribution in [2.24, 2.45) is 11.8 Å². The van der Waals surface area contributed by atoms with Crippen LogP contribution in [0, 0.1) is 5.92 Å². The topological polar surface area (TPSA) is 67.1 Å². The maximum atomic E-state index is 5.53. The summed E-state index contributed by atoms with van der Waals surface area (Å²) in [6.45, 7) is 5.39. The maximum absolute atomic E-state index is 5.53. The Balaban J connectivity index is 2.29. The predicted octanol–water partition coefficient (Wildman–Crippen LogP) is 2.91. The Labute approximate surface area is 126 Å². The van der Waals surface area contributed by atoms with Crippen molar-refractivity contribution < 1.29 is 0 Å². The van der Waals surface area contributed by atoms with Crippen molar-refractivity contribution in [1.29, 1.82) is 0 Å². The second-order valence-electron chi connectivity index (χ2n) is 5.55. The van der Waals surface area contributed by atoms with Crippen LogP contribution < -0.4 is 16.2 Å². The maximum Gasteiger partial charge on any atom is 0.163 e. The van der Waals surface area contributed by atoms with Crippen molar-refractivity contribution >= 4 is 11.6 Å². The standard InChI is InChI=1S/C16H23N5/c1-12(2)9-10-21(3)15-11-14(20-17)18-16(19-15)13-7-5-4-6-8-13/h4-8,11-12H,9-10,17H2,1-3H3,(H,18,19,20). The van der Waals surface area contributed by atoms with E-state index >= 15 is 0 Å². The molecule has 112 valence electrons. The van der Waals surface area contributed by atoms with Crippen LogP contribution in [0.3, 0.4) is 0 Å². The number of aromatic nitrogens is 2. The number of nitrogens with one attached hydrogen (secondary N) is 1. The van der Waals surface area contributed by atoms with Gasteiger partial charge < -0.3 is 10.3 Å². The summed E-state index contributed by atoms with van der Waals surface area (Å²) in [7, 11) is 2.04. The number of hydrazine groups is 1. The third-order valence-corrected chi connectivity index (χ3v) is 3.33. The van der Waals surface area contributed by atoms with E-state index in [0.29, 0.717) is 17.6 Å². The van der Waals surface area contributed by atoms with Crippen molar-refractivity contribution in [3.05, 3.63) is 36.4 Å². The molecule has 0 radical (unpaired) electrons. The average molecular weight is 285 g/mol. The van der Waals surface area contributed by atoms with Gasteiger partial charge in [0.1, 0.15) is 11.6 Å². The molecular formula is C16H23N5. The fourth-order valence-electron chi connectivity index (χ4n) is 1.99. The van der Waals surface area contributed by atoms with Gasteiger partial charge in [-0.1, -0.05) is 44.2 Å². The van der Waals surface area contributed by atoms with Crippen LogP contribution in [0.15, 0.2) is 36.4 Å². The number of nitrogens with two attached hydrogens (primary N) is 1. The van der Waals surface area contributed by atoms with Crippen LogP contribution in [0.4, 0.5) is 11.6 Å². The van der Waals surface area contributed by atoms with Crippen LogP contribution >= 0.6 is 0 Å². The molecule has 0 amide bonds. The van der Waals surface area contributed by atoms with Crippen molar-refractivity contribution in [3.63, 3.8) is 0 Å². The Morgan fingerprint density at radius 3 is 2.52 bits per heavy atom. The second kappa shape index (κ2) is 7.04. The lowest BCUT2D eigenvalue weighted by Crippen LogP contribution is -2.22. The summed E-state index contributed by atoms with van der Waals surface area (Å²) in [5.41, 5.74) is 3.60. The molecule has 2 rings (SSSR count). The highest BCUT2D eigenvalue weighted by Crippen LogP contribution is 2.21. The molecule has 0 aliphatic rings. The van der Waals surface area contributed by atoms with Crippen molar-refractivity contribution in [1.82, 2.24) is 9.97 Å². The second-order valence-corrected chi connectivity index (χ2v) is 5.55. The summed E-state index contributed by atoms with van der Waals surface area (Å²) in [6.07, 6.45) is 1.12. The minimum Gasteiger partial charge on any atom is -0.359 e. The lowest BCUT2D eigenvalue weighted by atomic mass is 10.1.